The van der Waals surface area contributed by atoms with E-state index >= 15 is 0 Å². The lowest BCUT2D eigenvalue weighted by atomic mass is 10.2. The molecule has 2 rings (SSSR count). The molecule has 1 N–H and O–H groups in total. The zero-order valence-electron chi connectivity index (χ0n) is 12.6. The van der Waals surface area contributed by atoms with Crippen LogP contribution in [0.25, 0.3) is 0 Å². The highest BCUT2D eigenvalue weighted by Gasteiger charge is 2.28. The number of hydrogen-bond donors (Lipinski definition) is 1. The van der Waals surface area contributed by atoms with Gasteiger partial charge in [-0.15, -0.1) is 11.8 Å². The molecule has 1 amide bonds. The number of carbonyl (C=O) groups excluding carboxylic acids is 1. The summed E-state index contributed by atoms with van der Waals surface area (Å²) >= 11 is 1.74. The Balaban J connectivity index is 1.75. The van der Waals surface area contributed by atoms with Crippen molar-refractivity contribution >= 4 is 17.7 Å². The van der Waals surface area contributed by atoms with Gasteiger partial charge in [-0.1, -0.05) is 12.1 Å². The van der Waals surface area contributed by atoms with Gasteiger partial charge in [0.15, 0.2) is 0 Å². The van der Waals surface area contributed by atoms with Crippen LogP contribution in [-0.2, 0) is 11.3 Å². The van der Waals surface area contributed by atoms with Crippen LogP contribution in [0.3, 0.4) is 0 Å². The molecule has 1 aliphatic rings. The van der Waals surface area contributed by atoms with Crippen molar-refractivity contribution in [2.24, 2.45) is 5.92 Å². The van der Waals surface area contributed by atoms with E-state index in [2.05, 4.69) is 47.7 Å². The van der Waals surface area contributed by atoms with E-state index in [1.807, 2.05) is 7.05 Å². The zero-order chi connectivity index (χ0) is 14.5. The Labute approximate surface area is 126 Å². The van der Waals surface area contributed by atoms with Gasteiger partial charge in [-0.05, 0) is 56.7 Å². The zero-order valence-corrected chi connectivity index (χ0v) is 13.4. The molecule has 1 aromatic carbocycles. The quantitative estimate of drug-likeness (QED) is 0.784. The van der Waals surface area contributed by atoms with Crippen LogP contribution in [0.2, 0.25) is 0 Å². The number of carbonyl (C=O) groups is 1. The number of nitrogens with zero attached hydrogens (tertiary/aromatic N) is 1. The predicted molar refractivity (Wildman–Crippen MR) is 84.9 cm³/mol. The number of nitrogens with one attached hydrogen (secondary N) is 1. The molecular formula is C16H24N2OS. The van der Waals surface area contributed by atoms with Gasteiger partial charge in [0.25, 0.3) is 0 Å². The highest BCUT2D eigenvalue weighted by Crippen LogP contribution is 2.32. The Morgan fingerprint density at radius 1 is 1.40 bits per heavy atom. The number of rotatable bonds is 7. The van der Waals surface area contributed by atoms with Gasteiger partial charge < -0.3 is 5.32 Å². The lowest BCUT2D eigenvalue weighted by molar-refractivity contribution is -0.122. The Kier molecular flexibility index (Phi) is 5.49. The van der Waals surface area contributed by atoms with Crippen molar-refractivity contribution in [3.63, 3.8) is 0 Å². The maximum absolute atomic E-state index is 11.9. The summed E-state index contributed by atoms with van der Waals surface area (Å²) in [5.41, 5.74) is 1.24. The first-order valence-corrected chi connectivity index (χ1v) is 8.42. The number of thioether (sulfide) groups is 1. The fourth-order valence-corrected chi connectivity index (χ4v) is 2.77. The third-order valence-electron chi connectivity index (χ3n) is 3.74. The Morgan fingerprint density at radius 2 is 2.05 bits per heavy atom. The van der Waals surface area contributed by atoms with Crippen molar-refractivity contribution in [1.82, 2.24) is 10.2 Å². The topological polar surface area (TPSA) is 32.3 Å². The summed E-state index contributed by atoms with van der Waals surface area (Å²) in [6.07, 6.45) is 4.60. The molecule has 1 atom stereocenters. The minimum absolute atomic E-state index is 0.132. The first kappa shape index (κ1) is 15.4. The number of hydrogen-bond acceptors (Lipinski definition) is 3. The van der Waals surface area contributed by atoms with Gasteiger partial charge in [0.1, 0.15) is 0 Å². The van der Waals surface area contributed by atoms with Gasteiger partial charge in [0.2, 0.25) is 5.91 Å². The Morgan fingerprint density at radius 3 is 2.60 bits per heavy atom. The molecule has 0 bridgehead atoms. The fraction of sp³-hybridized carbons (Fsp3) is 0.562. The van der Waals surface area contributed by atoms with Crippen LogP contribution in [0.4, 0.5) is 0 Å². The molecule has 1 fully saturated rings. The summed E-state index contributed by atoms with van der Waals surface area (Å²) in [6, 6.07) is 8.85. The second-order valence-electron chi connectivity index (χ2n) is 5.71. The van der Waals surface area contributed by atoms with Crippen molar-refractivity contribution in [3.05, 3.63) is 29.8 Å². The second kappa shape index (κ2) is 7.14. The molecule has 1 saturated carbocycles. The molecule has 3 nitrogen and oxygen atoms in total. The molecule has 0 spiro atoms. The normalized spacial score (nSPS) is 16.2. The average molecular weight is 292 g/mol. The summed E-state index contributed by atoms with van der Waals surface area (Å²) in [7, 11) is 1.99. The molecule has 0 radical (unpaired) electrons. The molecular weight excluding hydrogens is 268 g/mol. The van der Waals surface area contributed by atoms with Crippen LogP contribution >= 0.6 is 11.8 Å². The monoisotopic (exact) mass is 292 g/mol. The Hall–Kier alpha value is -1.00. The molecule has 20 heavy (non-hydrogen) atoms. The van der Waals surface area contributed by atoms with Crippen molar-refractivity contribution in [2.75, 3.05) is 19.8 Å². The number of amides is 1. The lowest BCUT2D eigenvalue weighted by Gasteiger charge is -2.19. The van der Waals surface area contributed by atoms with E-state index in [1.165, 1.54) is 23.3 Å². The van der Waals surface area contributed by atoms with Crippen molar-refractivity contribution in [2.45, 2.75) is 37.2 Å². The smallest absolute Gasteiger partial charge is 0.234 e. The maximum atomic E-state index is 11.9. The van der Waals surface area contributed by atoms with E-state index in [-0.39, 0.29) is 5.91 Å². The molecule has 0 aromatic heterocycles. The third-order valence-corrected chi connectivity index (χ3v) is 4.49. The van der Waals surface area contributed by atoms with Crippen LogP contribution in [-0.4, -0.2) is 36.7 Å². The first-order valence-electron chi connectivity index (χ1n) is 7.19. The fourth-order valence-electron chi connectivity index (χ4n) is 2.36. The lowest BCUT2D eigenvalue weighted by Crippen LogP contribution is -2.40. The van der Waals surface area contributed by atoms with E-state index in [4.69, 9.17) is 0 Å². The largest absolute Gasteiger partial charge is 0.352 e. The van der Waals surface area contributed by atoms with Crippen LogP contribution in [0.5, 0.6) is 0 Å². The van der Waals surface area contributed by atoms with Gasteiger partial charge in [-0.2, -0.15) is 0 Å². The SMILES string of the molecule is CSc1ccc(CN(C)CC(=O)N[C@@H](C)C2CC2)cc1. The Bertz CT molecular complexity index is 442. The molecule has 1 aliphatic carbocycles. The van der Waals surface area contributed by atoms with Crippen LogP contribution in [0.1, 0.15) is 25.3 Å². The highest BCUT2D eigenvalue weighted by molar-refractivity contribution is 7.98. The molecule has 0 aliphatic heterocycles. The standard InChI is InChI=1S/C16H24N2OS/c1-12(14-6-7-14)17-16(19)11-18(2)10-13-4-8-15(20-3)9-5-13/h4-5,8-9,12,14H,6-7,10-11H2,1-3H3,(H,17,19)/t12-/m0/s1. The van der Waals surface area contributed by atoms with E-state index < -0.39 is 0 Å². The molecule has 4 heteroatoms. The van der Waals surface area contributed by atoms with Gasteiger partial charge >= 0.3 is 0 Å². The van der Waals surface area contributed by atoms with Gasteiger partial charge in [-0.3, -0.25) is 9.69 Å². The van der Waals surface area contributed by atoms with E-state index in [0.717, 1.165) is 6.54 Å². The van der Waals surface area contributed by atoms with Gasteiger partial charge in [0, 0.05) is 17.5 Å². The number of benzene rings is 1. The highest BCUT2D eigenvalue weighted by atomic mass is 32.2. The van der Waals surface area contributed by atoms with E-state index in [9.17, 15) is 4.79 Å². The van der Waals surface area contributed by atoms with Crippen molar-refractivity contribution in [1.29, 1.82) is 0 Å². The van der Waals surface area contributed by atoms with Crippen LogP contribution in [0.15, 0.2) is 29.2 Å². The average Bonchev–Trinajstić information content (AvgIpc) is 3.23. The molecule has 110 valence electrons. The summed E-state index contributed by atoms with van der Waals surface area (Å²) < 4.78 is 0. The van der Waals surface area contributed by atoms with Gasteiger partial charge in [-0.25, -0.2) is 0 Å². The van der Waals surface area contributed by atoms with Gasteiger partial charge in [0.05, 0.1) is 6.54 Å². The van der Waals surface area contributed by atoms with Crippen LogP contribution < -0.4 is 5.32 Å². The van der Waals surface area contributed by atoms with Crippen molar-refractivity contribution in [3.8, 4) is 0 Å². The minimum Gasteiger partial charge on any atom is -0.352 e. The number of likely N-dealkylation sites (N-methyl/N-ethyl adjacent to an activating group) is 1. The van der Waals surface area contributed by atoms with Crippen molar-refractivity contribution < 1.29 is 4.79 Å². The summed E-state index contributed by atoms with van der Waals surface area (Å²) in [4.78, 5) is 15.3. The summed E-state index contributed by atoms with van der Waals surface area (Å²) in [5, 5.41) is 3.09. The summed E-state index contributed by atoms with van der Waals surface area (Å²) in [5.74, 6) is 0.843. The molecule has 1 aromatic rings. The summed E-state index contributed by atoms with van der Waals surface area (Å²) in [6.45, 7) is 3.37. The third kappa shape index (κ3) is 4.84. The maximum Gasteiger partial charge on any atom is 0.234 e. The van der Waals surface area contributed by atoms with E-state index in [0.29, 0.717) is 18.5 Å². The second-order valence-corrected chi connectivity index (χ2v) is 6.59. The molecule has 0 saturated heterocycles. The first-order chi connectivity index (χ1) is 9.58. The molecule has 0 heterocycles. The minimum atomic E-state index is 0.132. The van der Waals surface area contributed by atoms with E-state index in [1.54, 1.807) is 11.8 Å². The van der Waals surface area contributed by atoms with Crippen LogP contribution in [0, 0.1) is 5.92 Å². The predicted octanol–water partition coefficient (Wildman–Crippen LogP) is 2.76. The molecule has 0 unspecified atom stereocenters.